The molecule has 4 heteroatoms. The molecule has 1 N–H and O–H groups in total. The third kappa shape index (κ3) is 4.47. The Balaban J connectivity index is 2.32. The number of carbonyl (C=O) groups is 1. The van der Waals surface area contributed by atoms with Gasteiger partial charge in [-0.05, 0) is 46.7 Å². The molecule has 100 valence electrons. The molecule has 1 aliphatic heterocycles. The van der Waals surface area contributed by atoms with Gasteiger partial charge in [0.25, 0.3) is 0 Å². The fourth-order valence-electron chi connectivity index (χ4n) is 2.03. The summed E-state index contributed by atoms with van der Waals surface area (Å²) in [5, 5.41) is 3.01. The van der Waals surface area contributed by atoms with E-state index in [1.807, 2.05) is 13.8 Å². The number of alkyl halides is 1. The Morgan fingerprint density at radius 2 is 1.94 bits per heavy atom. The molecule has 1 rings (SSSR count). The molecular formula is C13H25ClN2O. The van der Waals surface area contributed by atoms with Crippen molar-refractivity contribution in [3.05, 3.63) is 0 Å². The number of nitrogens with zero attached hydrogens (tertiary/aromatic N) is 1. The molecule has 0 aromatic carbocycles. The molecule has 0 aromatic rings. The highest BCUT2D eigenvalue weighted by molar-refractivity contribution is 6.19. The molecule has 0 saturated carbocycles. The summed E-state index contributed by atoms with van der Waals surface area (Å²) >= 11 is 5.78. The Hall–Kier alpha value is -0.280. The first-order valence-electron chi connectivity index (χ1n) is 6.55. The predicted molar refractivity (Wildman–Crippen MR) is 72.4 cm³/mol. The molecular weight excluding hydrogens is 236 g/mol. The van der Waals surface area contributed by atoms with Gasteiger partial charge in [-0.15, -0.1) is 11.6 Å². The maximum Gasteiger partial charge on any atom is 0.226 e. The smallest absolute Gasteiger partial charge is 0.226 e. The zero-order valence-electron chi connectivity index (χ0n) is 11.3. The van der Waals surface area contributed by atoms with Gasteiger partial charge in [-0.1, -0.05) is 6.42 Å². The van der Waals surface area contributed by atoms with Gasteiger partial charge in [0.05, 0.1) is 5.41 Å². The first-order valence-corrected chi connectivity index (χ1v) is 7.09. The Bertz CT molecular complexity index is 250. The van der Waals surface area contributed by atoms with E-state index >= 15 is 0 Å². The molecule has 0 spiro atoms. The van der Waals surface area contributed by atoms with E-state index in [4.69, 9.17) is 11.6 Å². The minimum atomic E-state index is -0.469. The summed E-state index contributed by atoms with van der Waals surface area (Å²) in [6, 6.07) is 0.422. The van der Waals surface area contributed by atoms with Crippen molar-refractivity contribution in [3.63, 3.8) is 0 Å². The van der Waals surface area contributed by atoms with E-state index in [0.717, 1.165) is 19.6 Å². The topological polar surface area (TPSA) is 32.3 Å². The first kappa shape index (κ1) is 14.8. The van der Waals surface area contributed by atoms with Crippen molar-refractivity contribution in [3.8, 4) is 0 Å². The van der Waals surface area contributed by atoms with Gasteiger partial charge in [0.1, 0.15) is 0 Å². The molecule has 1 unspecified atom stereocenters. The second-order valence-corrected chi connectivity index (χ2v) is 5.94. The number of rotatable bonds is 5. The van der Waals surface area contributed by atoms with E-state index < -0.39 is 5.41 Å². The second kappa shape index (κ2) is 6.60. The zero-order valence-corrected chi connectivity index (χ0v) is 12.0. The number of piperidine rings is 1. The molecule has 1 saturated heterocycles. The van der Waals surface area contributed by atoms with Crippen LogP contribution < -0.4 is 5.32 Å². The zero-order chi connectivity index (χ0) is 12.9. The average Bonchev–Trinajstić information content (AvgIpc) is 2.36. The Morgan fingerprint density at radius 3 is 2.47 bits per heavy atom. The number of nitrogens with one attached hydrogen (secondary N) is 1. The highest BCUT2D eigenvalue weighted by Crippen LogP contribution is 2.17. The quantitative estimate of drug-likeness (QED) is 0.769. The number of halogens is 1. The standard InChI is InChI=1S/C13H25ClN2O/c1-11(16-7-5-4-6-8-16)9-15-12(17)13(2,3)10-14/h11H,4-10H2,1-3H3,(H,15,17). The van der Waals surface area contributed by atoms with Gasteiger partial charge in [-0.3, -0.25) is 9.69 Å². The van der Waals surface area contributed by atoms with Gasteiger partial charge in [-0.2, -0.15) is 0 Å². The summed E-state index contributed by atoms with van der Waals surface area (Å²) in [5.74, 6) is 0.410. The fourth-order valence-corrected chi connectivity index (χ4v) is 2.15. The number of hydrogen-bond donors (Lipinski definition) is 1. The molecule has 0 aromatic heterocycles. The summed E-state index contributed by atoms with van der Waals surface area (Å²) in [6.07, 6.45) is 3.91. The molecule has 1 heterocycles. The highest BCUT2D eigenvalue weighted by Gasteiger charge is 2.27. The average molecular weight is 261 g/mol. The van der Waals surface area contributed by atoms with Crippen molar-refractivity contribution in [2.24, 2.45) is 5.41 Å². The van der Waals surface area contributed by atoms with Gasteiger partial charge in [0, 0.05) is 18.5 Å². The minimum absolute atomic E-state index is 0.0522. The van der Waals surface area contributed by atoms with Crippen LogP contribution >= 0.6 is 11.6 Å². The monoisotopic (exact) mass is 260 g/mol. The SMILES string of the molecule is CC(CNC(=O)C(C)(C)CCl)N1CCCCC1. The molecule has 0 aliphatic carbocycles. The van der Waals surface area contributed by atoms with E-state index in [2.05, 4.69) is 17.1 Å². The summed E-state index contributed by atoms with van der Waals surface area (Å²) in [5.41, 5.74) is -0.469. The van der Waals surface area contributed by atoms with Crippen molar-refractivity contribution < 1.29 is 4.79 Å². The molecule has 1 amide bonds. The molecule has 0 radical (unpaired) electrons. The molecule has 3 nitrogen and oxygen atoms in total. The van der Waals surface area contributed by atoms with E-state index in [9.17, 15) is 4.79 Å². The highest BCUT2D eigenvalue weighted by atomic mass is 35.5. The Labute approximate surface area is 110 Å². The minimum Gasteiger partial charge on any atom is -0.354 e. The Morgan fingerprint density at radius 1 is 1.35 bits per heavy atom. The fraction of sp³-hybridized carbons (Fsp3) is 0.923. The second-order valence-electron chi connectivity index (χ2n) is 5.67. The number of hydrogen-bond acceptors (Lipinski definition) is 2. The Kier molecular flexibility index (Phi) is 5.74. The van der Waals surface area contributed by atoms with Crippen LogP contribution in [0.15, 0.2) is 0 Å². The van der Waals surface area contributed by atoms with E-state index in [1.165, 1.54) is 19.3 Å². The van der Waals surface area contributed by atoms with Gasteiger partial charge in [-0.25, -0.2) is 0 Å². The maximum absolute atomic E-state index is 11.9. The lowest BCUT2D eigenvalue weighted by atomic mass is 9.95. The van der Waals surface area contributed by atoms with Crippen molar-refractivity contribution in [2.45, 2.75) is 46.1 Å². The van der Waals surface area contributed by atoms with Crippen LogP contribution in [0.1, 0.15) is 40.0 Å². The molecule has 1 aliphatic rings. The maximum atomic E-state index is 11.9. The van der Waals surface area contributed by atoms with E-state index in [-0.39, 0.29) is 5.91 Å². The van der Waals surface area contributed by atoms with Crippen LogP contribution in [0, 0.1) is 5.41 Å². The van der Waals surface area contributed by atoms with E-state index in [0.29, 0.717) is 11.9 Å². The van der Waals surface area contributed by atoms with E-state index in [1.54, 1.807) is 0 Å². The molecule has 17 heavy (non-hydrogen) atoms. The van der Waals surface area contributed by atoms with Crippen molar-refractivity contribution in [1.29, 1.82) is 0 Å². The third-order valence-electron chi connectivity index (χ3n) is 3.52. The van der Waals surface area contributed by atoms with Crippen LogP contribution in [0.25, 0.3) is 0 Å². The summed E-state index contributed by atoms with van der Waals surface area (Å²) < 4.78 is 0. The third-order valence-corrected chi connectivity index (χ3v) is 4.19. The van der Waals surface area contributed by atoms with Crippen LogP contribution in [-0.4, -0.2) is 42.4 Å². The van der Waals surface area contributed by atoms with Gasteiger partial charge < -0.3 is 5.32 Å². The van der Waals surface area contributed by atoms with Gasteiger partial charge in [0.15, 0.2) is 0 Å². The van der Waals surface area contributed by atoms with Crippen LogP contribution in [0.3, 0.4) is 0 Å². The molecule has 0 bridgehead atoms. The van der Waals surface area contributed by atoms with Gasteiger partial charge >= 0.3 is 0 Å². The summed E-state index contributed by atoms with van der Waals surface area (Å²) in [4.78, 5) is 14.3. The summed E-state index contributed by atoms with van der Waals surface area (Å²) in [7, 11) is 0. The lowest BCUT2D eigenvalue weighted by Crippen LogP contribution is -2.47. The lowest BCUT2D eigenvalue weighted by Gasteiger charge is -2.33. The largest absolute Gasteiger partial charge is 0.354 e. The van der Waals surface area contributed by atoms with Crippen LogP contribution in [0.4, 0.5) is 0 Å². The van der Waals surface area contributed by atoms with Crippen LogP contribution in [0.2, 0.25) is 0 Å². The number of likely N-dealkylation sites (tertiary alicyclic amines) is 1. The molecule has 1 atom stereocenters. The number of amides is 1. The van der Waals surface area contributed by atoms with Crippen LogP contribution in [0.5, 0.6) is 0 Å². The van der Waals surface area contributed by atoms with Crippen LogP contribution in [-0.2, 0) is 4.79 Å². The van der Waals surface area contributed by atoms with Gasteiger partial charge in [0.2, 0.25) is 5.91 Å². The lowest BCUT2D eigenvalue weighted by molar-refractivity contribution is -0.128. The summed E-state index contributed by atoms with van der Waals surface area (Å²) in [6.45, 7) is 8.98. The number of carbonyl (C=O) groups excluding carboxylic acids is 1. The first-order chi connectivity index (χ1) is 7.97. The van der Waals surface area contributed by atoms with Crippen molar-refractivity contribution >= 4 is 17.5 Å². The van der Waals surface area contributed by atoms with Crippen molar-refractivity contribution in [2.75, 3.05) is 25.5 Å². The molecule has 1 fully saturated rings. The predicted octanol–water partition coefficient (Wildman–Crippen LogP) is 2.24. The normalized spacial score (nSPS) is 20.0. The van der Waals surface area contributed by atoms with Crippen molar-refractivity contribution in [1.82, 2.24) is 10.2 Å².